The molecule has 2 heterocycles. The molecule has 5 aliphatic rings. The molecule has 11 atom stereocenters. The largest absolute Gasteiger partial charge is 0.393 e. The molecule has 11 unspecified atom stereocenters. The summed E-state index contributed by atoms with van der Waals surface area (Å²) in [5.41, 5.74) is 8.02. The highest BCUT2D eigenvalue weighted by Gasteiger charge is 2.71. The Morgan fingerprint density at radius 2 is 1.97 bits per heavy atom. The number of rotatable bonds is 2. The number of primary amides is 1. The second-order valence-corrected chi connectivity index (χ2v) is 13.7. The molecule has 2 aliphatic heterocycles. The quantitative estimate of drug-likeness (QED) is 0.429. The molecule has 35 heavy (non-hydrogen) atoms. The van der Waals surface area contributed by atoms with Crippen LogP contribution in [0.25, 0.3) is 0 Å². The van der Waals surface area contributed by atoms with Crippen LogP contribution >= 0.6 is 11.8 Å². The Morgan fingerprint density at radius 3 is 2.63 bits per heavy atom. The minimum absolute atomic E-state index is 0.0330. The van der Waals surface area contributed by atoms with Crippen LogP contribution in [0.2, 0.25) is 0 Å². The van der Waals surface area contributed by atoms with Crippen molar-refractivity contribution in [2.24, 2.45) is 51.3 Å². The van der Waals surface area contributed by atoms with E-state index in [1.807, 2.05) is 0 Å². The number of carbonyl (C=O) groups excluding carboxylic acids is 2. The number of ether oxygens (including phenoxy) is 1. The molecule has 3 saturated carbocycles. The fraction of sp³-hybridized carbons (Fsp3) is 0.885. The summed E-state index contributed by atoms with van der Waals surface area (Å²) < 4.78 is 7.47. The number of hydrogen-bond donors (Lipinski definition) is 4. The number of hydrogen-bond acceptors (Lipinski definition) is 6. The molecule has 0 aromatic heterocycles. The molecule has 0 bridgehead atoms. The van der Waals surface area contributed by atoms with Crippen LogP contribution in [0, 0.1) is 40.4 Å². The molecule has 9 heteroatoms. The Bertz CT molecular complexity index is 942. The summed E-state index contributed by atoms with van der Waals surface area (Å²) in [7, 11) is 0. The number of nitrogens with zero attached hydrogens (tertiary/aromatic N) is 1. The first-order valence-electron chi connectivity index (χ1n) is 13.2. The second kappa shape index (κ2) is 8.35. The Morgan fingerprint density at radius 1 is 1.26 bits per heavy atom. The van der Waals surface area contributed by atoms with Gasteiger partial charge in [-0.1, -0.05) is 27.7 Å². The van der Waals surface area contributed by atoms with Crippen molar-refractivity contribution in [2.45, 2.75) is 95.8 Å². The standard InChI is InChI=1S/C26H42N4O4S/c1-12-7-8-18-24(3,4)21(29-30-23(27)33)17(35-6)11-26(18)25(12,5)10-15-16(31)9-14-19(20(15)34-26)13(2)28-22(14)32/h12-20,31H,7-11H2,1-6H3,(H,28,32)(H3,27,30,33). The number of nitrogens with two attached hydrogens (primary N) is 1. The smallest absolute Gasteiger partial charge is 0.332 e. The summed E-state index contributed by atoms with van der Waals surface area (Å²) in [5, 5.41) is 19.0. The van der Waals surface area contributed by atoms with E-state index in [1.165, 1.54) is 0 Å². The van der Waals surface area contributed by atoms with Gasteiger partial charge < -0.3 is 20.9 Å². The summed E-state index contributed by atoms with van der Waals surface area (Å²) in [5.74, 6) is 0.630. The molecule has 196 valence electrons. The van der Waals surface area contributed by atoms with Crippen molar-refractivity contribution >= 4 is 29.4 Å². The van der Waals surface area contributed by atoms with Crippen LogP contribution in [-0.2, 0) is 9.53 Å². The van der Waals surface area contributed by atoms with E-state index in [9.17, 15) is 14.7 Å². The molecule has 5 N–H and O–H groups in total. The first kappa shape index (κ1) is 25.3. The van der Waals surface area contributed by atoms with Crippen molar-refractivity contribution in [1.82, 2.24) is 10.7 Å². The Labute approximate surface area is 212 Å². The van der Waals surface area contributed by atoms with E-state index in [4.69, 9.17) is 10.5 Å². The number of aliphatic hydroxyl groups is 1. The number of thioether (sulfide) groups is 1. The van der Waals surface area contributed by atoms with E-state index in [2.05, 4.69) is 56.7 Å². The zero-order valence-electron chi connectivity index (χ0n) is 21.8. The maximum atomic E-state index is 12.7. The lowest BCUT2D eigenvalue weighted by Crippen LogP contribution is -2.74. The molecule has 5 fully saturated rings. The Kier molecular flexibility index (Phi) is 6.04. The van der Waals surface area contributed by atoms with Gasteiger partial charge in [0.25, 0.3) is 0 Å². The highest BCUT2D eigenvalue weighted by Crippen LogP contribution is 2.69. The van der Waals surface area contributed by atoms with Gasteiger partial charge in [-0.25, -0.2) is 10.2 Å². The average Bonchev–Trinajstić information content (AvgIpc) is 3.05. The number of nitrogens with one attached hydrogen (secondary N) is 2. The van der Waals surface area contributed by atoms with Crippen molar-refractivity contribution < 1.29 is 19.4 Å². The highest BCUT2D eigenvalue weighted by molar-refractivity contribution is 7.99. The predicted molar refractivity (Wildman–Crippen MR) is 137 cm³/mol. The van der Waals surface area contributed by atoms with Crippen molar-refractivity contribution in [3.05, 3.63) is 0 Å². The summed E-state index contributed by atoms with van der Waals surface area (Å²) in [6.45, 7) is 11.3. The van der Waals surface area contributed by atoms with E-state index in [1.54, 1.807) is 11.8 Å². The fourth-order valence-corrected chi connectivity index (χ4v) is 10.0. The number of carbonyl (C=O) groups is 2. The lowest BCUT2D eigenvalue weighted by molar-refractivity contribution is -0.319. The van der Waals surface area contributed by atoms with Gasteiger partial charge in [0, 0.05) is 34.5 Å². The molecule has 0 aromatic rings. The van der Waals surface area contributed by atoms with Gasteiger partial charge in [0.05, 0.1) is 23.5 Å². The molecule has 0 radical (unpaired) electrons. The summed E-state index contributed by atoms with van der Waals surface area (Å²) in [4.78, 5) is 24.3. The highest BCUT2D eigenvalue weighted by atomic mass is 32.2. The second-order valence-electron chi connectivity index (χ2n) is 12.7. The fourth-order valence-electron chi connectivity index (χ4n) is 9.05. The van der Waals surface area contributed by atoms with Gasteiger partial charge in [-0.2, -0.15) is 16.9 Å². The molecule has 1 spiro atoms. The Hall–Kier alpha value is -1.32. The third-order valence-electron chi connectivity index (χ3n) is 10.9. The van der Waals surface area contributed by atoms with Gasteiger partial charge in [0.1, 0.15) is 0 Å². The minimum atomic E-state index is -0.651. The van der Waals surface area contributed by atoms with Gasteiger partial charge in [-0.15, -0.1) is 0 Å². The molecule has 3 aliphatic carbocycles. The predicted octanol–water partition coefficient (Wildman–Crippen LogP) is 2.88. The first-order chi connectivity index (χ1) is 16.4. The number of fused-ring (bicyclic) bond motifs is 3. The van der Waals surface area contributed by atoms with Crippen LogP contribution in [0.5, 0.6) is 0 Å². The van der Waals surface area contributed by atoms with Crippen LogP contribution in [0.4, 0.5) is 4.79 Å². The Balaban J connectivity index is 1.62. The van der Waals surface area contributed by atoms with Gasteiger partial charge >= 0.3 is 6.03 Å². The van der Waals surface area contributed by atoms with Gasteiger partial charge in [0.15, 0.2) is 0 Å². The van der Waals surface area contributed by atoms with Crippen molar-refractivity contribution in [3.8, 4) is 0 Å². The molecular formula is C26H42N4O4S. The van der Waals surface area contributed by atoms with Gasteiger partial charge in [-0.3, -0.25) is 4.79 Å². The normalized spacial score (nSPS) is 51.5. The topological polar surface area (TPSA) is 126 Å². The monoisotopic (exact) mass is 506 g/mol. The number of aliphatic hydroxyl groups excluding tert-OH is 1. The zero-order chi connectivity index (χ0) is 25.5. The SMILES string of the molecule is CSC1CC23OC4C(CC2(C)C(C)CCC3C(C)(C)C1=NNC(N)=O)C(O)CC1C(=O)NC(C)C14. The van der Waals surface area contributed by atoms with Gasteiger partial charge in [-0.05, 0) is 62.5 Å². The number of hydrazone groups is 1. The molecular weight excluding hydrogens is 464 g/mol. The van der Waals surface area contributed by atoms with Crippen molar-refractivity contribution in [3.63, 3.8) is 0 Å². The van der Waals surface area contributed by atoms with Crippen LogP contribution < -0.4 is 16.5 Å². The third kappa shape index (κ3) is 3.43. The van der Waals surface area contributed by atoms with E-state index in [0.29, 0.717) is 12.3 Å². The molecule has 5 rings (SSSR count). The first-order valence-corrected chi connectivity index (χ1v) is 14.5. The number of amides is 3. The van der Waals surface area contributed by atoms with E-state index >= 15 is 0 Å². The van der Waals surface area contributed by atoms with Gasteiger partial charge in [0.2, 0.25) is 5.91 Å². The van der Waals surface area contributed by atoms with Crippen LogP contribution in [0.1, 0.15) is 66.7 Å². The summed E-state index contributed by atoms with van der Waals surface area (Å²) >= 11 is 1.75. The van der Waals surface area contributed by atoms with Crippen molar-refractivity contribution in [1.29, 1.82) is 0 Å². The average molecular weight is 507 g/mol. The summed E-state index contributed by atoms with van der Waals surface area (Å²) in [6.07, 6.45) is 5.75. The van der Waals surface area contributed by atoms with E-state index in [0.717, 1.165) is 31.4 Å². The van der Waals surface area contributed by atoms with Crippen LogP contribution in [0.15, 0.2) is 5.10 Å². The minimum Gasteiger partial charge on any atom is -0.393 e. The van der Waals surface area contributed by atoms with Crippen LogP contribution in [0.3, 0.4) is 0 Å². The molecule has 8 nitrogen and oxygen atoms in total. The molecule has 3 amide bonds. The third-order valence-corrected chi connectivity index (χ3v) is 11.9. The van der Waals surface area contributed by atoms with Crippen molar-refractivity contribution in [2.75, 3.05) is 6.26 Å². The van der Waals surface area contributed by atoms with E-state index < -0.39 is 17.7 Å². The molecule has 2 saturated heterocycles. The lowest BCUT2D eigenvalue weighted by atomic mass is 9.42. The lowest BCUT2D eigenvalue weighted by Gasteiger charge is -2.70. The molecule has 0 aromatic carbocycles. The maximum absolute atomic E-state index is 12.7. The number of urea groups is 1. The zero-order valence-corrected chi connectivity index (χ0v) is 22.7. The van der Waals surface area contributed by atoms with E-state index in [-0.39, 0.29) is 57.8 Å². The van der Waals surface area contributed by atoms with Crippen LogP contribution in [-0.4, -0.2) is 58.1 Å². The summed E-state index contributed by atoms with van der Waals surface area (Å²) in [6, 6.07) is -0.612. The maximum Gasteiger partial charge on any atom is 0.332 e.